The molecular formula is C7H8FNO. The van der Waals surface area contributed by atoms with Crippen molar-refractivity contribution in [2.24, 2.45) is 0 Å². The van der Waals surface area contributed by atoms with E-state index in [0.717, 1.165) is 0 Å². The van der Waals surface area contributed by atoms with Crippen LogP contribution in [0.25, 0.3) is 0 Å². The van der Waals surface area contributed by atoms with Gasteiger partial charge in [0.2, 0.25) is 0 Å². The monoisotopic (exact) mass is 147 g/mol. The molecule has 1 aromatic carbocycles. The zero-order valence-corrected chi connectivity index (χ0v) is 4.86. The van der Waals surface area contributed by atoms with Gasteiger partial charge in [-0.05, 0) is 12.1 Å². The minimum absolute atomic E-state index is 0.535. The number of nitrogens with two attached hydrogens (primary N) is 1. The maximum absolute atomic E-state index is 13.2. The van der Waals surface area contributed by atoms with E-state index in [2.05, 4.69) is 4.74 Å². The minimum atomic E-state index is -2.90. The Morgan fingerprint density at radius 2 is 2.60 bits per heavy atom. The zero-order valence-electron chi connectivity index (χ0n) is 10.9. The van der Waals surface area contributed by atoms with Crippen LogP contribution < -0.4 is 10.5 Å². The number of halogens is 1. The largest absolute Gasteiger partial charge is 0.494 e. The number of nitrogen functional groups attached to an aromatic ring is 1. The van der Waals surface area contributed by atoms with E-state index >= 15 is 0 Å². The summed E-state index contributed by atoms with van der Waals surface area (Å²) in [6.45, 7) is 0. The highest BCUT2D eigenvalue weighted by atomic mass is 19.1. The standard InChI is InChI=1S/C7H8FNO/c1-10-7-4-5(8)2-3-6(7)9/h2-4H,9H2,1H3/i1D3,2D,3D,4D. The van der Waals surface area contributed by atoms with Gasteiger partial charge in [-0.3, -0.25) is 0 Å². The lowest BCUT2D eigenvalue weighted by atomic mass is 10.3. The number of ether oxygens (including phenoxy) is 1. The van der Waals surface area contributed by atoms with Crippen LogP contribution >= 0.6 is 0 Å². The number of hydrogen-bond acceptors (Lipinski definition) is 2. The average Bonchev–Trinajstić information content (AvgIpc) is 2.17. The molecule has 0 saturated carbocycles. The molecule has 1 rings (SSSR count). The van der Waals surface area contributed by atoms with Crippen molar-refractivity contribution >= 4 is 5.69 Å². The summed E-state index contributed by atoms with van der Waals surface area (Å²) in [5.74, 6) is -2.07. The summed E-state index contributed by atoms with van der Waals surface area (Å²) in [6, 6.07) is -2.50. The quantitative estimate of drug-likeness (QED) is 0.609. The van der Waals surface area contributed by atoms with Gasteiger partial charge in [0.15, 0.2) is 0 Å². The van der Waals surface area contributed by atoms with Gasteiger partial charge in [-0.1, -0.05) is 0 Å². The second-order valence-electron chi connectivity index (χ2n) is 1.53. The molecule has 0 aliphatic heterocycles. The van der Waals surface area contributed by atoms with E-state index in [-0.39, 0.29) is 0 Å². The third-order valence-electron chi connectivity index (χ3n) is 0.877. The molecule has 0 saturated heterocycles. The summed E-state index contributed by atoms with van der Waals surface area (Å²) in [4.78, 5) is 0. The molecule has 3 heteroatoms. The number of hydrogen-bond donors (Lipinski definition) is 1. The summed E-state index contributed by atoms with van der Waals surface area (Å²) in [6.07, 6.45) is 0. The van der Waals surface area contributed by atoms with Gasteiger partial charge in [0.05, 0.1) is 20.9 Å². The molecule has 0 fully saturated rings. The van der Waals surface area contributed by atoms with Crippen LogP contribution in [-0.2, 0) is 0 Å². The Labute approximate surface area is 66.8 Å². The van der Waals surface area contributed by atoms with Crippen molar-refractivity contribution in [3.05, 3.63) is 23.9 Å². The maximum Gasteiger partial charge on any atom is 0.144 e. The van der Waals surface area contributed by atoms with Gasteiger partial charge in [0, 0.05) is 6.04 Å². The van der Waals surface area contributed by atoms with E-state index in [9.17, 15) is 4.39 Å². The Hall–Kier alpha value is -1.25. The van der Waals surface area contributed by atoms with Crippen LogP contribution in [0.2, 0.25) is 0 Å². The highest BCUT2D eigenvalue weighted by Crippen LogP contribution is 2.20. The molecule has 1 aromatic rings. The Morgan fingerprint density at radius 1 is 1.80 bits per heavy atom. The summed E-state index contributed by atoms with van der Waals surface area (Å²) < 4.78 is 59.5. The van der Waals surface area contributed by atoms with Gasteiger partial charge >= 0.3 is 0 Å². The van der Waals surface area contributed by atoms with Gasteiger partial charge in [-0.15, -0.1) is 0 Å². The van der Waals surface area contributed by atoms with Crippen LogP contribution in [0.15, 0.2) is 18.1 Å². The number of methoxy groups -OCH3 is 1. The van der Waals surface area contributed by atoms with Crippen LogP contribution in [0.5, 0.6) is 5.75 Å². The third-order valence-corrected chi connectivity index (χ3v) is 0.877. The van der Waals surface area contributed by atoms with Crippen molar-refractivity contribution in [2.45, 2.75) is 0 Å². The second kappa shape index (κ2) is 2.56. The molecule has 0 spiro atoms. The average molecular weight is 147 g/mol. The van der Waals surface area contributed by atoms with E-state index in [1.165, 1.54) is 0 Å². The summed E-state index contributed by atoms with van der Waals surface area (Å²) >= 11 is 0. The second-order valence-corrected chi connectivity index (χ2v) is 1.53. The van der Waals surface area contributed by atoms with E-state index in [4.69, 9.17) is 14.0 Å². The number of benzene rings is 1. The molecule has 0 atom stereocenters. The van der Waals surface area contributed by atoms with Gasteiger partial charge in [0.1, 0.15) is 11.6 Å². The molecule has 0 radical (unpaired) electrons. The van der Waals surface area contributed by atoms with Crippen molar-refractivity contribution < 1.29 is 17.4 Å². The van der Waals surface area contributed by atoms with Crippen molar-refractivity contribution in [1.82, 2.24) is 0 Å². The van der Waals surface area contributed by atoms with Gasteiger partial charge in [0.25, 0.3) is 0 Å². The molecule has 0 aliphatic rings. The van der Waals surface area contributed by atoms with Crippen molar-refractivity contribution in [3.63, 3.8) is 0 Å². The van der Waals surface area contributed by atoms with Crippen LogP contribution in [0, 0.1) is 5.82 Å². The van der Waals surface area contributed by atoms with E-state index < -0.39 is 42.4 Å². The van der Waals surface area contributed by atoms with Crippen LogP contribution in [0.3, 0.4) is 0 Å². The first kappa shape index (κ1) is 2.42. The summed E-state index contributed by atoms with van der Waals surface area (Å²) in [5, 5.41) is 0. The molecule has 0 bridgehead atoms. The molecule has 0 aliphatic carbocycles. The number of rotatable bonds is 1. The predicted molar refractivity (Wildman–Crippen MR) is 37.4 cm³/mol. The van der Waals surface area contributed by atoms with Crippen LogP contribution in [-0.4, -0.2) is 7.04 Å². The van der Waals surface area contributed by atoms with Gasteiger partial charge in [-0.2, -0.15) is 0 Å². The summed E-state index contributed by atoms with van der Waals surface area (Å²) in [7, 11) is -2.90. The first-order valence-corrected chi connectivity index (χ1v) is 2.39. The van der Waals surface area contributed by atoms with Crippen LogP contribution in [0.4, 0.5) is 10.1 Å². The third kappa shape index (κ3) is 1.18. The number of anilines is 1. The fourth-order valence-electron chi connectivity index (χ4n) is 0.458. The van der Waals surface area contributed by atoms with Crippen molar-refractivity contribution in [1.29, 1.82) is 0 Å². The fourth-order valence-corrected chi connectivity index (χ4v) is 0.458. The molecule has 0 aromatic heterocycles. The Kier molecular flexibility index (Phi) is 0.618. The Morgan fingerprint density at radius 3 is 3.30 bits per heavy atom. The molecule has 0 amide bonds. The molecule has 10 heavy (non-hydrogen) atoms. The maximum atomic E-state index is 13.2. The van der Waals surface area contributed by atoms with Crippen molar-refractivity contribution in [2.75, 3.05) is 12.8 Å². The molecule has 2 N–H and O–H groups in total. The topological polar surface area (TPSA) is 35.2 Å². The van der Waals surface area contributed by atoms with E-state index in [1.54, 1.807) is 0 Å². The summed E-state index contributed by atoms with van der Waals surface area (Å²) in [5.41, 5.74) is 4.76. The Balaban J connectivity index is 3.40. The molecule has 0 unspecified atom stereocenters. The van der Waals surface area contributed by atoms with E-state index in [0.29, 0.717) is 0 Å². The van der Waals surface area contributed by atoms with Crippen LogP contribution in [0.1, 0.15) is 8.22 Å². The normalized spacial score (nSPS) is 19.3. The predicted octanol–water partition coefficient (Wildman–Crippen LogP) is 1.42. The smallest absolute Gasteiger partial charge is 0.144 e. The highest BCUT2D eigenvalue weighted by Gasteiger charge is 1.98. The van der Waals surface area contributed by atoms with Gasteiger partial charge < -0.3 is 10.5 Å². The molecule has 0 heterocycles. The zero-order chi connectivity index (χ0) is 12.7. The van der Waals surface area contributed by atoms with Crippen molar-refractivity contribution in [3.8, 4) is 5.75 Å². The molecular weight excluding hydrogens is 133 g/mol. The minimum Gasteiger partial charge on any atom is -0.494 e. The molecule has 54 valence electrons. The molecule has 2 nitrogen and oxygen atoms in total. The van der Waals surface area contributed by atoms with Gasteiger partial charge in [-0.25, -0.2) is 4.39 Å². The van der Waals surface area contributed by atoms with E-state index in [1.807, 2.05) is 0 Å². The lowest BCUT2D eigenvalue weighted by Crippen LogP contribution is -1.92. The lowest BCUT2D eigenvalue weighted by molar-refractivity contribution is 0.413. The Bertz CT molecular complexity index is 403. The fraction of sp³-hybridized carbons (Fsp3) is 0.143. The highest BCUT2D eigenvalue weighted by molar-refractivity contribution is 5.51. The SMILES string of the molecule is [2H]c1c([2H])c(F)c([2H])c(OC([2H])([2H])[2H])c1N. The first-order valence-electron chi connectivity index (χ1n) is 5.39. The lowest BCUT2D eigenvalue weighted by Gasteiger charge is -2.01. The first-order chi connectivity index (χ1) is 7.15.